The molecule has 0 aliphatic rings. The summed E-state index contributed by atoms with van der Waals surface area (Å²) in [6.45, 7) is 1.87. The Bertz CT molecular complexity index is 908. The third-order valence-electron chi connectivity index (χ3n) is 3.80. The van der Waals surface area contributed by atoms with Crippen LogP contribution in [0, 0.1) is 5.82 Å². The monoisotopic (exact) mass is 405 g/mol. The van der Waals surface area contributed by atoms with Gasteiger partial charge in [-0.25, -0.2) is 9.07 Å². The third-order valence-corrected chi connectivity index (χ3v) is 3.80. The molecule has 1 atom stereocenters. The van der Waals surface area contributed by atoms with Crippen molar-refractivity contribution in [1.82, 2.24) is 25.2 Å². The highest BCUT2D eigenvalue weighted by Gasteiger charge is 2.41. The van der Waals surface area contributed by atoms with Crippen LogP contribution in [-0.4, -0.2) is 33.0 Å². The normalized spacial score (nSPS) is 12.7. The minimum absolute atomic E-state index is 0. The topological polar surface area (TPSA) is 68.8 Å². The Morgan fingerprint density at radius 2 is 1.96 bits per heavy atom. The maximum absolute atomic E-state index is 14.0. The lowest BCUT2D eigenvalue weighted by atomic mass is 10.2. The van der Waals surface area contributed by atoms with Crippen molar-refractivity contribution in [2.24, 2.45) is 0 Å². The number of halogens is 5. The molecule has 0 aliphatic heterocycles. The molecule has 0 aliphatic carbocycles. The zero-order valence-corrected chi connectivity index (χ0v) is 15.1. The van der Waals surface area contributed by atoms with E-state index in [4.69, 9.17) is 4.52 Å². The smallest absolute Gasteiger partial charge is 0.334 e. The number of para-hydroxylation sites is 1. The lowest BCUT2D eigenvalue weighted by molar-refractivity contribution is -0.142. The lowest BCUT2D eigenvalue weighted by Crippen LogP contribution is -2.24. The van der Waals surface area contributed by atoms with Crippen LogP contribution < -0.4 is 5.32 Å². The van der Waals surface area contributed by atoms with Gasteiger partial charge in [0, 0.05) is 12.5 Å². The first kappa shape index (κ1) is 20.8. The standard InChI is InChI=1S/C16H15F4N5O.ClH/c1-9(21-2)7-13-23-15(26-24-13)10-8-22-25(14(10)16(18,19)20)12-6-4-3-5-11(12)17;/h3-6,8-9,21H,7H2,1-2H3;1H. The zero-order valence-electron chi connectivity index (χ0n) is 14.3. The molecule has 0 amide bonds. The molecule has 0 spiro atoms. The van der Waals surface area contributed by atoms with Crippen molar-refractivity contribution in [2.45, 2.75) is 25.6 Å². The fraction of sp³-hybridized carbons (Fsp3) is 0.312. The Balaban J connectivity index is 0.00000261. The number of benzene rings is 1. The summed E-state index contributed by atoms with van der Waals surface area (Å²) >= 11 is 0. The molecule has 0 bridgehead atoms. The first-order valence-corrected chi connectivity index (χ1v) is 7.71. The summed E-state index contributed by atoms with van der Waals surface area (Å²) in [5.41, 5.74) is -1.91. The van der Waals surface area contributed by atoms with Crippen LogP contribution in [-0.2, 0) is 12.6 Å². The highest BCUT2D eigenvalue weighted by Crippen LogP contribution is 2.38. The quantitative estimate of drug-likeness (QED) is 0.656. The minimum Gasteiger partial charge on any atom is -0.334 e. The highest BCUT2D eigenvalue weighted by molar-refractivity contribution is 5.85. The van der Waals surface area contributed by atoms with Crippen molar-refractivity contribution >= 4 is 12.4 Å². The van der Waals surface area contributed by atoms with Crippen molar-refractivity contribution in [3.8, 4) is 17.1 Å². The molecule has 0 saturated carbocycles. The second-order valence-electron chi connectivity index (χ2n) is 5.68. The van der Waals surface area contributed by atoms with Crippen molar-refractivity contribution in [3.05, 3.63) is 47.8 Å². The van der Waals surface area contributed by atoms with Gasteiger partial charge in [0.2, 0.25) is 0 Å². The molecule has 0 saturated heterocycles. The lowest BCUT2D eigenvalue weighted by Gasteiger charge is -2.12. The number of likely N-dealkylation sites (N-methyl/N-ethyl adjacent to an activating group) is 1. The average Bonchev–Trinajstić information content (AvgIpc) is 3.21. The summed E-state index contributed by atoms with van der Waals surface area (Å²) in [7, 11) is 1.74. The van der Waals surface area contributed by atoms with E-state index < -0.39 is 23.3 Å². The zero-order chi connectivity index (χ0) is 18.9. The highest BCUT2D eigenvalue weighted by atomic mass is 35.5. The molecular formula is C16H16ClF4N5O. The molecule has 146 valence electrons. The fourth-order valence-electron chi connectivity index (χ4n) is 2.41. The largest absolute Gasteiger partial charge is 0.434 e. The Morgan fingerprint density at radius 1 is 1.26 bits per heavy atom. The maximum Gasteiger partial charge on any atom is 0.434 e. The van der Waals surface area contributed by atoms with E-state index in [0.29, 0.717) is 11.1 Å². The number of alkyl halides is 3. The number of hydrogen-bond donors (Lipinski definition) is 1. The van der Waals surface area contributed by atoms with E-state index in [1.807, 2.05) is 6.92 Å². The molecule has 3 rings (SSSR count). The van der Waals surface area contributed by atoms with Gasteiger partial charge in [-0.3, -0.25) is 0 Å². The van der Waals surface area contributed by atoms with Gasteiger partial charge in [-0.05, 0) is 26.1 Å². The molecule has 2 heterocycles. The summed E-state index contributed by atoms with van der Waals surface area (Å²) in [4.78, 5) is 4.01. The summed E-state index contributed by atoms with van der Waals surface area (Å²) in [6, 6.07) is 5.08. The van der Waals surface area contributed by atoms with E-state index in [1.165, 1.54) is 18.2 Å². The Labute approximate surface area is 158 Å². The predicted octanol–water partition coefficient (Wildman–Crippen LogP) is 3.65. The van der Waals surface area contributed by atoms with E-state index in [0.717, 1.165) is 12.3 Å². The van der Waals surface area contributed by atoms with E-state index >= 15 is 0 Å². The first-order valence-electron chi connectivity index (χ1n) is 7.71. The number of aromatic nitrogens is 4. The van der Waals surface area contributed by atoms with Crippen LogP contribution >= 0.6 is 12.4 Å². The number of nitrogens with zero attached hydrogens (tertiary/aromatic N) is 4. The van der Waals surface area contributed by atoms with Crippen molar-refractivity contribution in [2.75, 3.05) is 7.05 Å². The predicted molar refractivity (Wildman–Crippen MR) is 91.3 cm³/mol. The van der Waals surface area contributed by atoms with E-state index in [9.17, 15) is 17.6 Å². The van der Waals surface area contributed by atoms with Gasteiger partial charge in [0.15, 0.2) is 11.5 Å². The van der Waals surface area contributed by atoms with E-state index in [-0.39, 0.29) is 35.9 Å². The van der Waals surface area contributed by atoms with Crippen molar-refractivity contribution in [3.63, 3.8) is 0 Å². The maximum atomic E-state index is 14.0. The van der Waals surface area contributed by atoms with Gasteiger partial charge in [-0.1, -0.05) is 17.3 Å². The minimum atomic E-state index is -4.80. The van der Waals surface area contributed by atoms with Gasteiger partial charge >= 0.3 is 6.18 Å². The molecular weight excluding hydrogens is 390 g/mol. The van der Waals surface area contributed by atoms with Crippen LogP contribution in [0.15, 0.2) is 35.0 Å². The summed E-state index contributed by atoms with van der Waals surface area (Å²) in [6.07, 6.45) is -3.49. The number of hydrogen-bond acceptors (Lipinski definition) is 5. The van der Waals surface area contributed by atoms with Crippen LogP contribution in [0.1, 0.15) is 18.4 Å². The van der Waals surface area contributed by atoms with Crippen LogP contribution in [0.3, 0.4) is 0 Å². The Kier molecular flexibility index (Phi) is 6.22. The number of rotatable bonds is 5. The van der Waals surface area contributed by atoms with Gasteiger partial charge in [0.05, 0.1) is 11.8 Å². The molecule has 6 nitrogen and oxygen atoms in total. The average molecular weight is 406 g/mol. The number of nitrogens with one attached hydrogen (secondary N) is 1. The van der Waals surface area contributed by atoms with Crippen LogP contribution in [0.25, 0.3) is 17.1 Å². The second kappa shape index (κ2) is 8.05. The molecule has 11 heteroatoms. The molecule has 1 unspecified atom stereocenters. The molecule has 27 heavy (non-hydrogen) atoms. The Morgan fingerprint density at radius 3 is 2.59 bits per heavy atom. The SMILES string of the molecule is CNC(C)Cc1noc(-c2cnn(-c3ccccc3F)c2C(F)(F)F)n1.Cl. The van der Waals surface area contributed by atoms with E-state index in [2.05, 4.69) is 20.6 Å². The fourth-order valence-corrected chi connectivity index (χ4v) is 2.41. The summed E-state index contributed by atoms with van der Waals surface area (Å²) in [5, 5.41) is 10.4. The van der Waals surface area contributed by atoms with Gasteiger partial charge < -0.3 is 9.84 Å². The van der Waals surface area contributed by atoms with Crippen molar-refractivity contribution in [1.29, 1.82) is 0 Å². The summed E-state index contributed by atoms with van der Waals surface area (Å²) in [5.74, 6) is -0.895. The van der Waals surface area contributed by atoms with Gasteiger partial charge in [-0.2, -0.15) is 23.3 Å². The van der Waals surface area contributed by atoms with Crippen LogP contribution in [0.2, 0.25) is 0 Å². The van der Waals surface area contributed by atoms with Gasteiger partial charge in [0.1, 0.15) is 11.5 Å². The van der Waals surface area contributed by atoms with Crippen LogP contribution in [0.5, 0.6) is 0 Å². The van der Waals surface area contributed by atoms with Crippen LogP contribution in [0.4, 0.5) is 17.6 Å². The third kappa shape index (κ3) is 4.28. The second-order valence-corrected chi connectivity index (χ2v) is 5.68. The molecule has 2 aromatic heterocycles. The Hall–Kier alpha value is -2.46. The molecule has 0 fully saturated rings. The molecule has 1 N–H and O–H groups in total. The van der Waals surface area contributed by atoms with Gasteiger partial charge in [0.25, 0.3) is 5.89 Å². The van der Waals surface area contributed by atoms with Gasteiger partial charge in [-0.15, -0.1) is 12.4 Å². The molecule has 0 radical (unpaired) electrons. The first-order chi connectivity index (χ1) is 12.3. The van der Waals surface area contributed by atoms with E-state index in [1.54, 1.807) is 7.05 Å². The molecule has 1 aromatic carbocycles. The van der Waals surface area contributed by atoms with Crippen molar-refractivity contribution < 1.29 is 22.1 Å². The molecule has 3 aromatic rings. The summed E-state index contributed by atoms with van der Waals surface area (Å²) < 4.78 is 60.3.